The van der Waals surface area contributed by atoms with Crippen LogP contribution >= 0.6 is 0 Å². The number of sulfone groups is 1. The summed E-state index contributed by atoms with van der Waals surface area (Å²) in [5, 5.41) is 2.68. The van der Waals surface area contributed by atoms with Crippen molar-refractivity contribution in [3.8, 4) is 0 Å². The molecule has 134 valence electrons. The molecule has 1 aromatic rings. The molecule has 0 radical (unpaired) electrons. The van der Waals surface area contributed by atoms with E-state index >= 15 is 0 Å². The second kappa shape index (κ2) is 7.52. The zero-order valence-corrected chi connectivity index (χ0v) is 13.6. The lowest BCUT2D eigenvalue weighted by Gasteiger charge is -2.10. The Kier molecular flexibility index (Phi) is 5.87. The maximum absolute atomic E-state index is 12.0. The van der Waals surface area contributed by atoms with E-state index in [1.54, 1.807) is 0 Å². The van der Waals surface area contributed by atoms with Crippen molar-refractivity contribution in [1.29, 1.82) is 0 Å². The molecule has 5 nitrogen and oxygen atoms in total. The van der Waals surface area contributed by atoms with E-state index in [2.05, 4.69) is 10.1 Å². The van der Waals surface area contributed by atoms with E-state index in [1.807, 2.05) is 0 Å². The van der Waals surface area contributed by atoms with E-state index < -0.39 is 22.6 Å². The summed E-state index contributed by atoms with van der Waals surface area (Å²) in [5.41, 5.74) is 0.883. The van der Waals surface area contributed by atoms with E-state index in [0.29, 0.717) is 17.5 Å². The Morgan fingerprint density at radius 2 is 1.92 bits per heavy atom. The number of carbonyl (C=O) groups is 1. The number of nitrogens with one attached hydrogen (secondary N) is 1. The highest BCUT2D eigenvalue weighted by atomic mass is 32.2. The molecule has 0 aromatic heterocycles. The number of rotatable bonds is 6. The van der Waals surface area contributed by atoms with Gasteiger partial charge in [-0.2, -0.15) is 13.2 Å². The van der Waals surface area contributed by atoms with Crippen molar-refractivity contribution < 1.29 is 31.1 Å². The molecule has 1 unspecified atom stereocenters. The van der Waals surface area contributed by atoms with Crippen LogP contribution in [0.3, 0.4) is 0 Å². The lowest BCUT2D eigenvalue weighted by molar-refractivity contribution is -0.176. The molecule has 24 heavy (non-hydrogen) atoms. The molecule has 1 aliphatic heterocycles. The summed E-state index contributed by atoms with van der Waals surface area (Å²) in [6, 6.07) is 6.02. The van der Waals surface area contributed by atoms with Crippen molar-refractivity contribution in [3.05, 3.63) is 35.4 Å². The molecule has 0 aliphatic carbocycles. The van der Waals surface area contributed by atoms with E-state index in [0.717, 1.165) is 0 Å². The summed E-state index contributed by atoms with van der Waals surface area (Å²) >= 11 is 0. The number of ether oxygens (including phenoxy) is 1. The average Bonchev–Trinajstić information content (AvgIpc) is 2.83. The molecule has 1 aliphatic rings. The third-order valence-corrected chi connectivity index (χ3v) is 5.47. The Labute approximate surface area is 138 Å². The lowest BCUT2D eigenvalue weighted by atomic mass is 10.1. The summed E-state index contributed by atoms with van der Waals surface area (Å²) in [5.74, 6) is -0.181. The van der Waals surface area contributed by atoms with Gasteiger partial charge in [0.2, 0.25) is 0 Å². The molecule has 9 heteroatoms. The number of hydrogen-bond acceptors (Lipinski definition) is 4. The average molecular weight is 365 g/mol. The largest absolute Gasteiger partial charge is 0.411 e. The van der Waals surface area contributed by atoms with Gasteiger partial charge >= 0.3 is 6.18 Å². The summed E-state index contributed by atoms with van der Waals surface area (Å²) in [6.07, 6.45) is -3.83. The highest BCUT2D eigenvalue weighted by molar-refractivity contribution is 7.91. The van der Waals surface area contributed by atoms with Crippen molar-refractivity contribution in [1.82, 2.24) is 5.32 Å². The van der Waals surface area contributed by atoms with Gasteiger partial charge < -0.3 is 10.1 Å². The van der Waals surface area contributed by atoms with E-state index in [-0.39, 0.29) is 36.5 Å². The predicted molar refractivity (Wildman–Crippen MR) is 81.2 cm³/mol. The van der Waals surface area contributed by atoms with Crippen LogP contribution in [0.15, 0.2) is 24.3 Å². The number of benzene rings is 1. The van der Waals surface area contributed by atoms with Gasteiger partial charge in [-0.3, -0.25) is 4.79 Å². The molecule has 1 atom stereocenters. The van der Waals surface area contributed by atoms with Gasteiger partial charge in [-0.1, -0.05) is 12.1 Å². The van der Waals surface area contributed by atoms with Crippen LogP contribution in [0.1, 0.15) is 22.3 Å². The Morgan fingerprint density at radius 1 is 1.25 bits per heavy atom. The molecular weight excluding hydrogens is 347 g/mol. The smallest absolute Gasteiger partial charge is 0.367 e. The van der Waals surface area contributed by atoms with Crippen LogP contribution < -0.4 is 5.32 Å². The first-order valence-corrected chi connectivity index (χ1v) is 9.19. The van der Waals surface area contributed by atoms with Crippen molar-refractivity contribution in [2.45, 2.75) is 19.2 Å². The van der Waals surface area contributed by atoms with Crippen LogP contribution in [0.25, 0.3) is 0 Å². The Balaban J connectivity index is 1.79. The standard InChI is InChI=1S/C15H18F3NO4S/c16-15(17,18)10-23-8-11-1-3-13(4-2-11)14(20)19-7-12-5-6-24(21,22)9-12/h1-4,12H,5-10H2,(H,19,20). The fourth-order valence-electron chi connectivity index (χ4n) is 2.41. The van der Waals surface area contributed by atoms with Gasteiger partial charge in [0.05, 0.1) is 18.1 Å². The predicted octanol–water partition coefficient (Wildman–Crippen LogP) is 1.93. The first-order valence-electron chi connectivity index (χ1n) is 7.37. The quantitative estimate of drug-likeness (QED) is 0.836. The van der Waals surface area contributed by atoms with Gasteiger partial charge in [0.1, 0.15) is 6.61 Å². The minimum Gasteiger partial charge on any atom is -0.367 e. The number of halogens is 3. The maximum Gasteiger partial charge on any atom is 0.411 e. The van der Waals surface area contributed by atoms with Crippen LogP contribution in [0.4, 0.5) is 13.2 Å². The monoisotopic (exact) mass is 365 g/mol. The zero-order chi connectivity index (χ0) is 17.8. The fraction of sp³-hybridized carbons (Fsp3) is 0.533. The second-order valence-electron chi connectivity index (χ2n) is 5.78. The van der Waals surface area contributed by atoms with E-state index in [9.17, 15) is 26.4 Å². The van der Waals surface area contributed by atoms with Crippen molar-refractivity contribution >= 4 is 15.7 Å². The number of alkyl halides is 3. The van der Waals surface area contributed by atoms with Gasteiger partial charge in [0, 0.05) is 12.1 Å². The van der Waals surface area contributed by atoms with Crippen LogP contribution in [0.5, 0.6) is 0 Å². The van der Waals surface area contributed by atoms with Crippen LogP contribution in [0, 0.1) is 5.92 Å². The molecule has 1 N–H and O–H groups in total. The Bertz CT molecular complexity index is 671. The minimum absolute atomic E-state index is 0.0750. The molecule has 2 rings (SSSR count). The first kappa shape index (κ1) is 18.7. The Hall–Kier alpha value is -1.61. The molecule has 1 saturated heterocycles. The molecule has 0 saturated carbocycles. The van der Waals surface area contributed by atoms with Gasteiger partial charge in [-0.05, 0) is 30.0 Å². The zero-order valence-electron chi connectivity index (χ0n) is 12.8. The fourth-order valence-corrected chi connectivity index (χ4v) is 4.27. The van der Waals surface area contributed by atoms with E-state index in [4.69, 9.17) is 0 Å². The van der Waals surface area contributed by atoms with Crippen LogP contribution in [0.2, 0.25) is 0 Å². The molecule has 0 spiro atoms. The Morgan fingerprint density at radius 3 is 2.46 bits per heavy atom. The third kappa shape index (κ3) is 6.12. The first-order chi connectivity index (χ1) is 11.1. The molecule has 1 heterocycles. The van der Waals surface area contributed by atoms with Gasteiger partial charge in [-0.15, -0.1) is 0 Å². The molecule has 0 bridgehead atoms. The van der Waals surface area contributed by atoms with Gasteiger partial charge in [-0.25, -0.2) is 8.42 Å². The van der Waals surface area contributed by atoms with E-state index in [1.165, 1.54) is 24.3 Å². The van der Waals surface area contributed by atoms with Crippen molar-refractivity contribution in [2.24, 2.45) is 5.92 Å². The van der Waals surface area contributed by atoms with Gasteiger partial charge in [0.15, 0.2) is 9.84 Å². The topological polar surface area (TPSA) is 72.5 Å². The van der Waals surface area contributed by atoms with Crippen molar-refractivity contribution in [2.75, 3.05) is 24.7 Å². The second-order valence-corrected chi connectivity index (χ2v) is 8.01. The van der Waals surface area contributed by atoms with Crippen molar-refractivity contribution in [3.63, 3.8) is 0 Å². The summed E-state index contributed by atoms with van der Waals surface area (Å²) in [4.78, 5) is 12.0. The molecular formula is C15H18F3NO4S. The van der Waals surface area contributed by atoms with Gasteiger partial charge in [0.25, 0.3) is 5.91 Å². The summed E-state index contributed by atoms with van der Waals surface area (Å²) < 4.78 is 63.2. The maximum atomic E-state index is 12.0. The molecule has 1 amide bonds. The summed E-state index contributed by atoms with van der Waals surface area (Å²) in [7, 11) is -2.98. The third-order valence-electron chi connectivity index (χ3n) is 3.63. The summed E-state index contributed by atoms with van der Waals surface area (Å²) in [6.45, 7) is -1.23. The number of amides is 1. The van der Waals surface area contributed by atoms with Crippen LogP contribution in [-0.4, -0.2) is 45.2 Å². The SMILES string of the molecule is O=C(NCC1CCS(=O)(=O)C1)c1ccc(COCC(F)(F)F)cc1. The number of carbonyl (C=O) groups excluding carboxylic acids is 1. The number of hydrogen-bond donors (Lipinski definition) is 1. The molecule has 1 fully saturated rings. The highest BCUT2D eigenvalue weighted by Gasteiger charge is 2.28. The lowest BCUT2D eigenvalue weighted by Crippen LogP contribution is -2.29. The normalized spacial score (nSPS) is 20.0. The minimum atomic E-state index is -4.37. The van der Waals surface area contributed by atoms with Crippen LogP contribution in [-0.2, 0) is 21.2 Å². The highest BCUT2D eigenvalue weighted by Crippen LogP contribution is 2.18. The molecule has 1 aromatic carbocycles.